The maximum atomic E-state index is 13.2. The van der Waals surface area contributed by atoms with Crippen LogP contribution in [0.25, 0.3) is 0 Å². The molecule has 2 aromatic rings. The van der Waals surface area contributed by atoms with Crippen LogP contribution in [-0.2, 0) is 0 Å². The average molecular weight is 306 g/mol. The molecule has 0 aromatic heterocycles. The Morgan fingerprint density at radius 2 is 2.00 bits per heavy atom. The van der Waals surface area contributed by atoms with Gasteiger partial charge in [0.05, 0.1) is 5.56 Å². The second-order valence-corrected chi connectivity index (χ2v) is 4.73. The summed E-state index contributed by atoms with van der Waals surface area (Å²) in [5, 5.41) is 8.98. The molecule has 0 unspecified atom stereocenters. The Bertz CT molecular complexity index is 614. The van der Waals surface area contributed by atoms with Gasteiger partial charge in [-0.2, -0.15) is 5.26 Å². The summed E-state index contributed by atoms with van der Waals surface area (Å²) in [7, 11) is 0. The SMILES string of the molecule is Cc1ccc(C#N)c(Oc2cc(F)cc(Br)c2)c1. The minimum absolute atomic E-state index is 0.351. The van der Waals surface area contributed by atoms with Gasteiger partial charge in [-0.3, -0.25) is 0 Å². The van der Waals surface area contributed by atoms with Crippen LogP contribution in [0, 0.1) is 24.1 Å². The van der Waals surface area contributed by atoms with Crippen LogP contribution in [0.4, 0.5) is 4.39 Å². The first-order chi connectivity index (χ1) is 8.58. The van der Waals surface area contributed by atoms with Crippen molar-refractivity contribution >= 4 is 15.9 Å². The van der Waals surface area contributed by atoms with Crippen LogP contribution in [-0.4, -0.2) is 0 Å². The van der Waals surface area contributed by atoms with Crippen molar-refractivity contribution in [2.24, 2.45) is 0 Å². The predicted molar refractivity (Wildman–Crippen MR) is 70.1 cm³/mol. The summed E-state index contributed by atoms with van der Waals surface area (Å²) in [5.41, 5.74) is 1.39. The van der Waals surface area contributed by atoms with Crippen LogP contribution in [0.15, 0.2) is 40.9 Å². The van der Waals surface area contributed by atoms with E-state index in [1.165, 1.54) is 12.1 Å². The molecule has 0 atom stereocenters. The largest absolute Gasteiger partial charge is 0.456 e. The fourth-order valence-electron chi connectivity index (χ4n) is 1.52. The minimum Gasteiger partial charge on any atom is -0.456 e. The molecule has 0 radical (unpaired) electrons. The zero-order valence-electron chi connectivity index (χ0n) is 9.58. The highest BCUT2D eigenvalue weighted by molar-refractivity contribution is 9.10. The van der Waals surface area contributed by atoms with Crippen molar-refractivity contribution in [2.45, 2.75) is 6.92 Å². The van der Waals surface area contributed by atoms with E-state index in [1.807, 2.05) is 19.1 Å². The summed E-state index contributed by atoms with van der Waals surface area (Å²) >= 11 is 3.19. The highest BCUT2D eigenvalue weighted by Gasteiger charge is 2.06. The van der Waals surface area contributed by atoms with Gasteiger partial charge in [-0.1, -0.05) is 22.0 Å². The van der Waals surface area contributed by atoms with Gasteiger partial charge in [-0.25, -0.2) is 4.39 Å². The summed E-state index contributed by atoms with van der Waals surface area (Å²) in [6.45, 7) is 1.90. The Hall–Kier alpha value is -1.86. The lowest BCUT2D eigenvalue weighted by molar-refractivity contribution is 0.474. The smallest absolute Gasteiger partial charge is 0.145 e. The molecule has 2 nitrogen and oxygen atoms in total. The summed E-state index contributed by atoms with van der Waals surface area (Å²) in [6.07, 6.45) is 0. The molecule has 4 heteroatoms. The maximum absolute atomic E-state index is 13.2. The van der Waals surface area contributed by atoms with Gasteiger partial charge in [0.2, 0.25) is 0 Å². The van der Waals surface area contributed by atoms with E-state index in [-0.39, 0.29) is 0 Å². The van der Waals surface area contributed by atoms with E-state index in [4.69, 9.17) is 10.00 Å². The molecule has 18 heavy (non-hydrogen) atoms. The number of rotatable bonds is 2. The summed E-state index contributed by atoms with van der Waals surface area (Å²) < 4.78 is 19.4. The van der Waals surface area contributed by atoms with Gasteiger partial charge in [0, 0.05) is 10.5 Å². The number of hydrogen-bond donors (Lipinski definition) is 0. The fraction of sp³-hybridized carbons (Fsp3) is 0.0714. The number of nitriles is 1. The van der Waals surface area contributed by atoms with E-state index in [0.29, 0.717) is 21.5 Å². The zero-order chi connectivity index (χ0) is 13.1. The molecule has 2 rings (SSSR count). The monoisotopic (exact) mass is 305 g/mol. The lowest BCUT2D eigenvalue weighted by Gasteiger charge is -2.08. The number of hydrogen-bond acceptors (Lipinski definition) is 2. The number of halogens is 2. The molecule has 0 saturated carbocycles. The van der Waals surface area contributed by atoms with E-state index in [2.05, 4.69) is 15.9 Å². The molecule has 0 N–H and O–H groups in total. The predicted octanol–water partition coefficient (Wildman–Crippen LogP) is 4.56. The minimum atomic E-state index is -0.398. The molecular formula is C14H9BrFNO. The van der Waals surface area contributed by atoms with Crippen molar-refractivity contribution in [3.05, 3.63) is 57.8 Å². The van der Waals surface area contributed by atoms with E-state index in [9.17, 15) is 4.39 Å². The van der Waals surface area contributed by atoms with Crippen molar-refractivity contribution < 1.29 is 9.13 Å². The van der Waals surface area contributed by atoms with Crippen LogP contribution >= 0.6 is 15.9 Å². The van der Waals surface area contributed by atoms with Gasteiger partial charge >= 0.3 is 0 Å². The van der Waals surface area contributed by atoms with Gasteiger partial charge in [0.15, 0.2) is 0 Å². The standard InChI is InChI=1S/C14H9BrFNO/c1-9-2-3-10(8-17)14(4-9)18-13-6-11(15)5-12(16)7-13/h2-7H,1H3. The molecule has 0 heterocycles. The quantitative estimate of drug-likeness (QED) is 0.815. The molecule has 0 aliphatic carbocycles. The molecule has 0 aliphatic rings. The van der Waals surface area contributed by atoms with Crippen LogP contribution in [0.2, 0.25) is 0 Å². The topological polar surface area (TPSA) is 33.0 Å². The van der Waals surface area contributed by atoms with E-state index >= 15 is 0 Å². The number of aryl methyl sites for hydroxylation is 1. The van der Waals surface area contributed by atoms with Gasteiger partial charge in [0.1, 0.15) is 23.4 Å². The van der Waals surface area contributed by atoms with Crippen LogP contribution in [0.1, 0.15) is 11.1 Å². The first-order valence-electron chi connectivity index (χ1n) is 5.23. The lowest BCUT2D eigenvalue weighted by atomic mass is 10.1. The Labute approximate surface area is 113 Å². The van der Waals surface area contributed by atoms with Gasteiger partial charge in [-0.05, 0) is 36.8 Å². The van der Waals surface area contributed by atoms with Gasteiger partial charge in [0.25, 0.3) is 0 Å². The van der Waals surface area contributed by atoms with Crippen LogP contribution in [0.5, 0.6) is 11.5 Å². The molecule has 0 amide bonds. The molecule has 0 aliphatic heterocycles. The maximum Gasteiger partial charge on any atom is 0.145 e. The van der Waals surface area contributed by atoms with E-state index in [0.717, 1.165) is 5.56 Å². The summed E-state index contributed by atoms with van der Waals surface area (Å²) in [5.74, 6) is 0.379. The molecular weight excluding hydrogens is 297 g/mol. The van der Waals surface area contributed by atoms with Crippen LogP contribution < -0.4 is 4.74 Å². The third-order valence-electron chi connectivity index (χ3n) is 2.32. The Balaban J connectivity index is 2.39. The second kappa shape index (κ2) is 5.19. The first-order valence-corrected chi connectivity index (χ1v) is 6.02. The Kier molecular flexibility index (Phi) is 3.63. The molecule has 0 fully saturated rings. The van der Waals surface area contributed by atoms with Crippen molar-refractivity contribution in [1.29, 1.82) is 5.26 Å². The summed E-state index contributed by atoms with van der Waals surface area (Å²) in [6, 6.07) is 11.6. The van der Waals surface area contributed by atoms with Crippen molar-refractivity contribution in [3.63, 3.8) is 0 Å². The molecule has 0 spiro atoms. The average Bonchev–Trinajstić information content (AvgIpc) is 2.27. The Morgan fingerprint density at radius 1 is 1.22 bits per heavy atom. The van der Waals surface area contributed by atoms with Crippen molar-refractivity contribution in [2.75, 3.05) is 0 Å². The van der Waals surface area contributed by atoms with Gasteiger partial charge < -0.3 is 4.74 Å². The van der Waals surface area contributed by atoms with Crippen molar-refractivity contribution in [1.82, 2.24) is 0 Å². The molecule has 90 valence electrons. The van der Waals surface area contributed by atoms with E-state index < -0.39 is 5.82 Å². The fourth-order valence-corrected chi connectivity index (χ4v) is 1.97. The highest BCUT2D eigenvalue weighted by Crippen LogP contribution is 2.28. The zero-order valence-corrected chi connectivity index (χ0v) is 11.2. The molecule has 0 bridgehead atoms. The number of benzene rings is 2. The first kappa shape index (κ1) is 12.6. The third-order valence-corrected chi connectivity index (χ3v) is 2.78. The molecule has 0 saturated heterocycles. The summed E-state index contributed by atoms with van der Waals surface area (Å²) in [4.78, 5) is 0. The third kappa shape index (κ3) is 2.88. The highest BCUT2D eigenvalue weighted by atomic mass is 79.9. The van der Waals surface area contributed by atoms with E-state index in [1.54, 1.807) is 18.2 Å². The second-order valence-electron chi connectivity index (χ2n) is 3.82. The number of ether oxygens (including phenoxy) is 1. The number of nitrogens with zero attached hydrogens (tertiary/aromatic N) is 1. The normalized spacial score (nSPS) is 9.89. The van der Waals surface area contributed by atoms with Crippen LogP contribution in [0.3, 0.4) is 0 Å². The van der Waals surface area contributed by atoms with Crippen molar-refractivity contribution in [3.8, 4) is 17.6 Å². The lowest BCUT2D eigenvalue weighted by Crippen LogP contribution is -1.90. The van der Waals surface area contributed by atoms with Gasteiger partial charge in [-0.15, -0.1) is 0 Å². The molecule has 2 aromatic carbocycles. The Morgan fingerprint density at radius 3 is 2.67 bits per heavy atom.